The van der Waals surface area contributed by atoms with E-state index < -0.39 is 17.6 Å². The highest BCUT2D eigenvalue weighted by molar-refractivity contribution is 5.87. The van der Waals surface area contributed by atoms with Crippen LogP contribution in [0.1, 0.15) is 10.5 Å². The molecule has 18 heavy (non-hydrogen) atoms. The van der Waals surface area contributed by atoms with Crippen molar-refractivity contribution < 1.29 is 18.7 Å². The Hall–Kier alpha value is -2.50. The number of benzene rings is 1. The van der Waals surface area contributed by atoms with Crippen LogP contribution in [0.2, 0.25) is 0 Å². The molecule has 3 N–H and O–H groups in total. The molecule has 0 aliphatic carbocycles. The average Bonchev–Trinajstić information content (AvgIpc) is 2.27. The molecule has 0 amide bonds. The standard InChI is InChI=1S/C12H8F2N2O2/c13-7-3-6(4-8(14)5-7)9-1-2-10(12(17)18)16-11(9)15/h1-5H,(H2,15,16)(H,17,18). The van der Waals surface area contributed by atoms with Crippen molar-refractivity contribution in [3.05, 3.63) is 47.7 Å². The highest BCUT2D eigenvalue weighted by Gasteiger charge is 2.11. The molecule has 4 nitrogen and oxygen atoms in total. The maximum Gasteiger partial charge on any atom is 0.354 e. The number of halogens is 2. The second-order valence-electron chi connectivity index (χ2n) is 3.59. The van der Waals surface area contributed by atoms with Gasteiger partial charge in [-0.1, -0.05) is 0 Å². The Balaban J connectivity index is 2.54. The first-order valence-electron chi connectivity index (χ1n) is 4.93. The third-order valence-corrected chi connectivity index (χ3v) is 2.32. The molecule has 0 aliphatic heterocycles. The van der Waals surface area contributed by atoms with Gasteiger partial charge in [-0.05, 0) is 29.8 Å². The number of aromatic nitrogens is 1. The van der Waals surface area contributed by atoms with Crippen molar-refractivity contribution in [2.45, 2.75) is 0 Å². The second kappa shape index (κ2) is 4.40. The Bertz CT molecular complexity index is 609. The monoisotopic (exact) mass is 250 g/mol. The largest absolute Gasteiger partial charge is 0.477 e. The van der Waals surface area contributed by atoms with Crippen molar-refractivity contribution in [1.29, 1.82) is 0 Å². The summed E-state index contributed by atoms with van der Waals surface area (Å²) in [6.45, 7) is 0. The van der Waals surface area contributed by atoms with Crippen LogP contribution in [-0.4, -0.2) is 16.1 Å². The van der Waals surface area contributed by atoms with E-state index in [1.54, 1.807) is 0 Å². The van der Waals surface area contributed by atoms with Crippen LogP contribution in [0.25, 0.3) is 11.1 Å². The summed E-state index contributed by atoms with van der Waals surface area (Å²) in [6, 6.07) is 5.50. The van der Waals surface area contributed by atoms with Gasteiger partial charge >= 0.3 is 5.97 Å². The summed E-state index contributed by atoms with van der Waals surface area (Å²) in [5, 5.41) is 8.72. The number of hydrogen-bond donors (Lipinski definition) is 2. The van der Waals surface area contributed by atoms with Gasteiger partial charge in [0, 0.05) is 11.6 Å². The summed E-state index contributed by atoms with van der Waals surface area (Å²) in [5.41, 5.74) is 5.82. The lowest BCUT2D eigenvalue weighted by molar-refractivity contribution is 0.0690. The van der Waals surface area contributed by atoms with E-state index in [1.165, 1.54) is 12.1 Å². The van der Waals surface area contributed by atoms with Crippen LogP contribution in [0.15, 0.2) is 30.3 Å². The predicted octanol–water partition coefficient (Wildman–Crippen LogP) is 2.31. The van der Waals surface area contributed by atoms with Crippen LogP contribution >= 0.6 is 0 Å². The maximum absolute atomic E-state index is 13.1. The molecule has 0 saturated carbocycles. The number of rotatable bonds is 2. The van der Waals surface area contributed by atoms with Crippen LogP contribution in [0.5, 0.6) is 0 Å². The van der Waals surface area contributed by atoms with Gasteiger partial charge in [0.2, 0.25) is 0 Å². The average molecular weight is 250 g/mol. The number of hydrogen-bond acceptors (Lipinski definition) is 3. The Kier molecular flexibility index (Phi) is 2.93. The molecular formula is C12H8F2N2O2. The minimum absolute atomic E-state index is 0.0973. The minimum Gasteiger partial charge on any atom is -0.477 e. The van der Waals surface area contributed by atoms with E-state index in [0.717, 1.165) is 18.2 Å². The molecule has 2 aromatic rings. The van der Waals surface area contributed by atoms with Crippen LogP contribution in [0.4, 0.5) is 14.6 Å². The third kappa shape index (κ3) is 2.27. The van der Waals surface area contributed by atoms with E-state index >= 15 is 0 Å². The number of nitrogens with zero attached hydrogens (tertiary/aromatic N) is 1. The zero-order valence-corrected chi connectivity index (χ0v) is 9.02. The minimum atomic E-state index is -1.22. The van der Waals surface area contributed by atoms with Gasteiger partial charge in [0.05, 0.1) is 0 Å². The Morgan fingerprint density at radius 3 is 2.28 bits per heavy atom. The van der Waals surface area contributed by atoms with Gasteiger partial charge in [-0.2, -0.15) is 0 Å². The van der Waals surface area contributed by atoms with Gasteiger partial charge in [0.1, 0.15) is 17.5 Å². The molecule has 1 aromatic heterocycles. The van der Waals surface area contributed by atoms with Crippen molar-refractivity contribution in [1.82, 2.24) is 4.98 Å². The molecule has 2 rings (SSSR count). The van der Waals surface area contributed by atoms with E-state index in [2.05, 4.69) is 4.98 Å². The topological polar surface area (TPSA) is 76.2 Å². The Morgan fingerprint density at radius 1 is 1.17 bits per heavy atom. The molecule has 0 spiro atoms. The molecule has 0 fully saturated rings. The molecule has 0 unspecified atom stereocenters. The van der Waals surface area contributed by atoms with Crippen LogP contribution in [0, 0.1) is 11.6 Å². The fraction of sp³-hybridized carbons (Fsp3) is 0. The maximum atomic E-state index is 13.1. The number of carbonyl (C=O) groups is 1. The molecule has 1 aromatic carbocycles. The van der Waals surface area contributed by atoms with Gasteiger partial charge in [-0.15, -0.1) is 0 Å². The molecule has 6 heteroatoms. The molecular weight excluding hydrogens is 242 g/mol. The van der Waals surface area contributed by atoms with Crippen molar-refractivity contribution in [3.63, 3.8) is 0 Å². The van der Waals surface area contributed by atoms with Crippen molar-refractivity contribution in [3.8, 4) is 11.1 Å². The number of carboxylic acids is 1. The number of nitrogen functional groups attached to an aromatic ring is 1. The van der Waals surface area contributed by atoms with Gasteiger partial charge in [0.25, 0.3) is 0 Å². The first-order chi connectivity index (χ1) is 8.47. The first-order valence-corrected chi connectivity index (χ1v) is 4.93. The number of pyridine rings is 1. The molecule has 0 radical (unpaired) electrons. The zero-order valence-electron chi connectivity index (χ0n) is 9.02. The lowest BCUT2D eigenvalue weighted by Gasteiger charge is -2.06. The summed E-state index contributed by atoms with van der Waals surface area (Å²) in [5.74, 6) is -2.81. The molecule has 0 atom stereocenters. The van der Waals surface area contributed by atoms with Crippen LogP contribution in [-0.2, 0) is 0 Å². The van der Waals surface area contributed by atoms with Crippen molar-refractivity contribution >= 4 is 11.8 Å². The summed E-state index contributed by atoms with van der Waals surface area (Å²) in [7, 11) is 0. The van der Waals surface area contributed by atoms with E-state index in [9.17, 15) is 13.6 Å². The van der Waals surface area contributed by atoms with E-state index in [4.69, 9.17) is 10.8 Å². The lowest BCUT2D eigenvalue weighted by Crippen LogP contribution is -2.04. The summed E-state index contributed by atoms with van der Waals surface area (Å²) < 4.78 is 26.1. The quantitative estimate of drug-likeness (QED) is 0.857. The number of aromatic carboxylic acids is 1. The van der Waals surface area contributed by atoms with Crippen LogP contribution in [0.3, 0.4) is 0 Å². The van der Waals surface area contributed by atoms with Crippen molar-refractivity contribution in [2.75, 3.05) is 5.73 Å². The Labute approximate surface area is 101 Å². The first kappa shape index (κ1) is 12.0. The smallest absolute Gasteiger partial charge is 0.354 e. The summed E-state index contributed by atoms with van der Waals surface area (Å²) >= 11 is 0. The molecule has 0 bridgehead atoms. The molecule has 0 saturated heterocycles. The predicted molar refractivity (Wildman–Crippen MR) is 61.0 cm³/mol. The normalized spacial score (nSPS) is 10.3. The highest BCUT2D eigenvalue weighted by atomic mass is 19.1. The second-order valence-corrected chi connectivity index (χ2v) is 3.59. The summed E-state index contributed by atoms with van der Waals surface area (Å²) in [6.07, 6.45) is 0. The fourth-order valence-corrected chi connectivity index (χ4v) is 1.55. The van der Waals surface area contributed by atoms with Crippen molar-refractivity contribution in [2.24, 2.45) is 0 Å². The number of nitrogens with two attached hydrogens (primary N) is 1. The lowest BCUT2D eigenvalue weighted by atomic mass is 10.1. The number of carboxylic acid groups (broad SMARTS) is 1. The SMILES string of the molecule is Nc1nc(C(=O)O)ccc1-c1cc(F)cc(F)c1. The van der Waals surface area contributed by atoms with Gasteiger partial charge in [-0.25, -0.2) is 18.6 Å². The third-order valence-electron chi connectivity index (χ3n) is 2.32. The van der Waals surface area contributed by atoms with E-state index in [1.807, 2.05) is 0 Å². The highest BCUT2D eigenvalue weighted by Crippen LogP contribution is 2.26. The molecule has 1 heterocycles. The van der Waals surface area contributed by atoms with Crippen LogP contribution < -0.4 is 5.73 Å². The molecule has 92 valence electrons. The van der Waals surface area contributed by atoms with Gasteiger partial charge < -0.3 is 10.8 Å². The number of anilines is 1. The van der Waals surface area contributed by atoms with Gasteiger partial charge in [0.15, 0.2) is 5.69 Å². The van der Waals surface area contributed by atoms with E-state index in [0.29, 0.717) is 0 Å². The fourth-order valence-electron chi connectivity index (χ4n) is 1.55. The zero-order chi connectivity index (χ0) is 13.3. The van der Waals surface area contributed by atoms with E-state index in [-0.39, 0.29) is 22.6 Å². The Morgan fingerprint density at radius 2 is 1.78 bits per heavy atom. The molecule has 0 aliphatic rings. The van der Waals surface area contributed by atoms with Gasteiger partial charge in [-0.3, -0.25) is 0 Å². The summed E-state index contributed by atoms with van der Waals surface area (Å²) in [4.78, 5) is 14.3.